The first-order chi connectivity index (χ1) is 10.9. The average Bonchev–Trinajstić information content (AvgIpc) is 2.30. The quantitative estimate of drug-likeness (QED) is 0.502. The van der Waals surface area contributed by atoms with Gasteiger partial charge in [0.25, 0.3) is 0 Å². The molecule has 0 unspecified atom stereocenters. The van der Waals surface area contributed by atoms with Crippen molar-refractivity contribution in [2.24, 2.45) is 10.8 Å². The largest absolute Gasteiger partial charge is 0.257 e. The third kappa shape index (κ3) is 6.35. The van der Waals surface area contributed by atoms with Gasteiger partial charge in [-0.3, -0.25) is 4.98 Å². The fourth-order valence-corrected chi connectivity index (χ4v) is 7.70. The zero-order chi connectivity index (χ0) is 19.8. The number of hydrogen-bond acceptors (Lipinski definition) is 1. The summed E-state index contributed by atoms with van der Waals surface area (Å²) >= 11 is 0. The van der Waals surface area contributed by atoms with Crippen LogP contribution in [0.2, 0.25) is 0 Å². The SMILES string of the molecule is CC(C)(C)[C](c1cccc(CP(C(C)(C)C)C(C)(C)C)n1)C(C)(C)C. The summed E-state index contributed by atoms with van der Waals surface area (Å²) in [4.78, 5) is 5.15. The van der Waals surface area contributed by atoms with Crippen LogP contribution >= 0.6 is 7.92 Å². The van der Waals surface area contributed by atoms with Gasteiger partial charge in [-0.25, -0.2) is 0 Å². The van der Waals surface area contributed by atoms with E-state index >= 15 is 0 Å². The summed E-state index contributed by atoms with van der Waals surface area (Å²) < 4.78 is 0. The van der Waals surface area contributed by atoms with E-state index in [-0.39, 0.29) is 18.8 Å². The molecule has 0 fully saturated rings. The molecule has 0 bridgehead atoms. The van der Waals surface area contributed by atoms with Gasteiger partial charge in [-0.1, -0.05) is 97.1 Å². The minimum absolute atomic E-state index is 0.114. The highest BCUT2D eigenvalue weighted by Gasteiger charge is 2.38. The lowest BCUT2D eigenvalue weighted by atomic mass is 9.65. The summed E-state index contributed by atoms with van der Waals surface area (Å²) in [6, 6.07) is 6.62. The van der Waals surface area contributed by atoms with Gasteiger partial charge in [0, 0.05) is 23.5 Å². The van der Waals surface area contributed by atoms with Crippen LogP contribution in [-0.4, -0.2) is 15.3 Å². The molecule has 1 rings (SSSR count). The Morgan fingerprint density at radius 2 is 1.20 bits per heavy atom. The second-order valence-corrected chi connectivity index (χ2v) is 15.2. The summed E-state index contributed by atoms with van der Waals surface area (Å²) in [5.41, 5.74) is 2.65. The van der Waals surface area contributed by atoms with Crippen molar-refractivity contribution >= 4 is 7.92 Å². The number of rotatable bonds is 3. The maximum atomic E-state index is 5.15. The summed E-state index contributed by atoms with van der Waals surface area (Å²) in [7, 11) is -0.179. The van der Waals surface area contributed by atoms with Crippen LogP contribution in [0, 0.1) is 16.7 Å². The smallest absolute Gasteiger partial charge is 0.0489 e. The normalized spacial score (nSPS) is 14.5. The molecular weight excluding hydrogens is 321 g/mol. The second kappa shape index (κ2) is 7.30. The summed E-state index contributed by atoms with van der Waals surface area (Å²) in [6.07, 6.45) is 1.09. The number of pyridine rings is 1. The van der Waals surface area contributed by atoms with Crippen LogP contribution in [0.4, 0.5) is 0 Å². The molecule has 1 heterocycles. The van der Waals surface area contributed by atoms with E-state index in [1.807, 2.05) is 0 Å². The Bertz CT molecular complexity index is 533. The topological polar surface area (TPSA) is 12.9 Å². The van der Waals surface area contributed by atoms with E-state index in [1.165, 1.54) is 17.3 Å². The standard InChI is InChI=1S/C23H41NP/c1-20(2,3)19(21(4,5)6)18-15-13-14-17(24-18)16-25(22(7,8)9)23(10,11)12/h13-15H,16H2,1-12H3. The van der Waals surface area contributed by atoms with E-state index in [4.69, 9.17) is 4.98 Å². The zero-order valence-corrected chi connectivity index (χ0v) is 19.7. The Kier molecular flexibility index (Phi) is 6.61. The Labute approximate surface area is 159 Å². The van der Waals surface area contributed by atoms with Crippen LogP contribution in [0.3, 0.4) is 0 Å². The van der Waals surface area contributed by atoms with Gasteiger partial charge in [-0.15, -0.1) is 0 Å². The molecule has 0 spiro atoms. The average molecular weight is 363 g/mol. The van der Waals surface area contributed by atoms with Crippen molar-refractivity contribution in [2.45, 2.75) is 99.6 Å². The molecule has 0 amide bonds. The highest BCUT2D eigenvalue weighted by molar-refractivity contribution is 7.60. The van der Waals surface area contributed by atoms with E-state index in [9.17, 15) is 0 Å². The molecule has 0 aliphatic rings. The molecule has 0 N–H and O–H groups in total. The molecule has 0 aliphatic carbocycles. The molecule has 143 valence electrons. The molecule has 1 aromatic heterocycles. The lowest BCUT2D eigenvalue weighted by Gasteiger charge is -2.42. The highest BCUT2D eigenvalue weighted by atomic mass is 31.1. The van der Waals surface area contributed by atoms with Crippen molar-refractivity contribution in [3.63, 3.8) is 0 Å². The number of nitrogens with zero attached hydrogens (tertiary/aromatic N) is 1. The molecular formula is C23H41NP. The van der Waals surface area contributed by atoms with Crippen molar-refractivity contribution < 1.29 is 0 Å². The Morgan fingerprint density at radius 3 is 1.56 bits per heavy atom. The van der Waals surface area contributed by atoms with Gasteiger partial charge in [0.1, 0.15) is 0 Å². The zero-order valence-electron chi connectivity index (χ0n) is 18.8. The maximum absolute atomic E-state index is 5.15. The predicted octanol–water partition coefficient (Wildman–Crippen LogP) is 7.68. The fraction of sp³-hybridized carbons (Fsp3) is 0.739. The molecule has 1 aromatic rings. The third-order valence-electron chi connectivity index (χ3n) is 4.50. The first-order valence-electron chi connectivity index (χ1n) is 9.56. The van der Waals surface area contributed by atoms with Crippen molar-refractivity contribution in [3.05, 3.63) is 35.5 Å². The first-order valence-corrected chi connectivity index (χ1v) is 11.1. The van der Waals surface area contributed by atoms with E-state index in [1.54, 1.807) is 0 Å². The second-order valence-electron chi connectivity index (χ2n) is 11.3. The van der Waals surface area contributed by atoms with Gasteiger partial charge >= 0.3 is 0 Å². The van der Waals surface area contributed by atoms with Crippen LogP contribution < -0.4 is 0 Å². The van der Waals surface area contributed by atoms with Crippen LogP contribution in [0.1, 0.15) is 94.5 Å². The molecule has 0 saturated heterocycles. The summed E-state index contributed by atoms with van der Waals surface area (Å²) in [5, 5.41) is 0.651. The molecule has 1 nitrogen and oxygen atoms in total. The van der Waals surface area contributed by atoms with Gasteiger partial charge in [-0.05, 0) is 33.3 Å². The van der Waals surface area contributed by atoms with Gasteiger partial charge in [0.2, 0.25) is 0 Å². The minimum Gasteiger partial charge on any atom is -0.257 e. The summed E-state index contributed by atoms with van der Waals surface area (Å²) in [5.74, 6) is 1.44. The summed E-state index contributed by atoms with van der Waals surface area (Å²) in [6.45, 7) is 28.1. The van der Waals surface area contributed by atoms with Crippen molar-refractivity contribution in [1.29, 1.82) is 0 Å². The van der Waals surface area contributed by atoms with Gasteiger partial charge in [0.15, 0.2) is 0 Å². The minimum atomic E-state index is -0.179. The lowest BCUT2D eigenvalue weighted by Crippen LogP contribution is -2.32. The van der Waals surface area contributed by atoms with Crippen LogP contribution in [0.25, 0.3) is 0 Å². The predicted molar refractivity (Wildman–Crippen MR) is 116 cm³/mol. The number of aromatic nitrogens is 1. The van der Waals surface area contributed by atoms with Crippen LogP contribution in [-0.2, 0) is 6.16 Å². The van der Waals surface area contributed by atoms with Gasteiger partial charge in [0.05, 0.1) is 0 Å². The molecule has 0 aromatic carbocycles. The molecule has 1 radical (unpaired) electrons. The monoisotopic (exact) mass is 362 g/mol. The van der Waals surface area contributed by atoms with Crippen LogP contribution in [0.5, 0.6) is 0 Å². The molecule has 0 atom stereocenters. The van der Waals surface area contributed by atoms with Gasteiger partial charge in [-0.2, -0.15) is 0 Å². The van der Waals surface area contributed by atoms with E-state index in [0.717, 1.165) is 6.16 Å². The van der Waals surface area contributed by atoms with E-state index in [0.29, 0.717) is 10.3 Å². The van der Waals surface area contributed by atoms with E-state index in [2.05, 4.69) is 101 Å². The first kappa shape index (κ1) is 22.6. The Hall–Kier alpha value is -0.420. The lowest BCUT2D eigenvalue weighted by molar-refractivity contribution is 0.296. The van der Waals surface area contributed by atoms with Crippen molar-refractivity contribution in [2.75, 3.05) is 0 Å². The molecule has 2 heteroatoms. The van der Waals surface area contributed by atoms with E-state index < -0.39 is 0 Å². The highest BCUT2D eigenvalue weighted by Crippen LogP contribution is 2.61. The third-order valence-corrected chi connectivity index (χ3v) is 8.38. The van der Waals surface area contributed by atoms with Crippen molar-refractivity contribution in [1.82, 2.24) is 4.98 Å². The fourth-order valence-electron chi connectivity index (χ4n) is 4.24. The number of hydrogen-bond donors (Lipinski definition) is 0. The molecule has 0 saturated carbocycles. The van der Waals surface area contributed by atoms with Crippen LogP contribution in [0.15, 0.2) is 18.2 Å². The Balaban J connectivity index is 3.29. The van der Waals surface area contributed by atoms with Gasteiger partial charge < -0.3 is 0 Å². The molecule has 0 aliphatic heterocycles. The molecule has 25 heavy (non-hydrogen) atoms. The maximum Gasteiger partial charge on any atom is 0.0489 e. The van der Waals surface area contributed by atoms with Crippen molar-refractivity contribution in [3.8, 4) is 0 Å². The Morgan fingerprint density at radius 1 is 0.760 bits per heavy atom.